The van der Waals surface area contributed by atoms with E-state index in [-0.39, 0.29) is 5.91 Å². The summed E-state index contributed by atoms with van der Waals surface area (Å²) in [6.07, 6.45) is 1.16. The Bertz CT molecular complexity index is 287. The molecule has 2 rings (SSSR count). The van der Waals surface area contributed by atoms with Gasteiger partial charge in [-0.3, -0.25) is 9.69 Å². The van der Waals surface area contributed by atoms with Gasteiger partial charge in [0.15, 0.2) is 0 Å². The fraction of sp³-hybridized carbons (Fsp3) is 0.750. The second-order valence-corrected chi connectivity index (χ2v) is 4.91. The quantitative estimate of drug-likeness (QED) is 0.703. The van der Waals surface area contributed by atoms with Gasteiger partial charge in [0.05, 0.1) is 6.61 Å². The van der Waals surface area contributed by atoms with Crippen LogP contribution in [0.15, 0.2) is 12.2 Å². The monoisotopic (exact) mass is 224 g/mol. The smallest absolute Gasteiger partial charge is 0.247 e. The highest BCUT2D eigenvalue weighted by atomic mass is 16.5. The van der Waals surface area contributed by atoms with E-state index in [1.165, 1.54) is 0 Å². The van der Waals surface area contributed by atoms with E-state index >= 15 is 0 Å². The second kappa shape index (κ2) is 4.55. The maximum absolute atomic E-state index is 11.5. The number of rotatable bonds is 4. The van der Waals surface area contributed by atoms with Crippen molar-refractivity contribution in [2.24, 2.45) is 5.41 Å². The predicted molar refractivity (Wildman–Crippen MR) is 62.1 cm³/mol. The van der Waals surface area contributed by atoms with Crippen LogP contribution in [0.1, 0.15) is 13.3 Å². The van der Waals surface area contributed by atoms with Crippen LogP contribution in [0.3, 0.4) is 0 Å². The van der Waals surface area contributed by atoms with Gasteiger partial charge in [-0.15, -0.1) is 0 Å². The van der Waals surface area contributed by atoms with Crippen molar-refractivity contribution < 1.29 is 9.53 Å². The van der Waals surface area contributed by atoms with Gasteiger partial charge < -0.3 is 10.1 Å². The van der Waals surface area contributed by atoms with Crippen LogP contribution in [0, 0.1) is 5.41 Å². The van der Waals surface area contributed by atoms with Crippen molar-refractivity contribution >= 4 is 5.91 Å². The topological polar surface area (TPSA) is 41.6 Å². The van der Waals surface area contributed by atoms with Crippen LogP contribution in [-0.4, -0.2) is 50.2 Å². The van der Waals surface area contributed by atoms with Crippen molar-refractivity contribution in [2.45, 2.75) is 13.3 Å². The van der Waals surface area contributed by atoms with Crippen LogP contribution in [0.4, 0.5) is 0 Å². The number of carbonyl (C=O) groups is 1. The van der Waals surface area contributed by atoms with Crippen LogP contribution in [0.5, 0.6) is 0 Å². The number of nitrogens with zero attached hydrogens (tertiary/aromatic N) is 1. The number of carbonyl (C=O) groups excluding carboxylic acids is 1. The maximum atomic E-state index is 11.5. The summed E-state index contributed by atoms with van der Waals surface area (Å²) >= 11 is 0. The fourth-order valence-corrected chi connectivity index (χ4v) is 2.54. The highest BCUT2D eigenvalue weighted by Gasteiger charge is 2.45. The van der Waals surface area contributed by atoms with E-state index in [4.69, 9.17) is 4.74 Å². The first-order valence-corrected chi connectivity index (χ1v) is 5.91. The molecule has 4 heteroatoms. The average Bonchev–Trinajstić information content (AvgIpc) is 2.66. The van der Waals surface area contributed by atoms with Crippen molar-refractivity contribution in [1.82, 2.24) is 10.2 Å². The maximum Gasteiger partial charge on any atom is 0.247 e. The Balaban J connectivity index is 1.72. The molecule has 2 aliphatic heterocycles. The van der Waals surface area contributed by atoms with E-state index in [0.717, 1.165) is 32.7 Å². The third-order valence-corrected chi connectivity index (χ3v) is 3.38. The lowest BCUT2D eigenvalue weighted by atomic mass is 9.79. The molecule has 1 spiro atoms. The molecular formula is C12H20N2O2. The minimum absolute atomic E-state index is 0.0221. The molecule has 0 aromatic heterocycles. The minimum Gasteiger partial charge on any atom is -0.381 e. The molecule has 0 aromatic rings. The van der Waals surface area contributed by atoms with Gasteiger partial charge in [-0.25, -0.2) is 0 Å². The molecule has 0 aliphatic carbocycles. The molecule has 0 unspecified atom stereocenters. The fourth-order valence-electron chi connectivity index (χ4n) is 2.54. The normalized spacial score (nSPS) is 23.1. The van der Waals surface area contributed by atoms with Gasteiger partial charge in [-0.1, -0.05) is 6.58 Å². The molecule has 0 radical (unpaired) electrons. The summed E-state index contributed by atoms with van der Waals surface area (Å²) < 4.78 is 5.41. The molecule has 1 amide bonds. The van der Waals surface area contributed by atoms with E-state index in [0.29, 0.717) is 24.1 Å². The van der Waals surface area contributed by atoms with Gasteiger partial charge in [0.25, 0.3) is 0 Å². The van der Waals surface area contributed by atoms with Gasteiger partial charge >= 0.3 is 0 Å². The third-order valence-electron chi connectivity index (χ3n) is 3.38. The van der Waals surface area contributed by atoms with Gasteiger partial charge in [0.1, 0.15) is 0 Å². The lowest BCUT2D eigenvalue weighted by Crippen LogP contribution is -2.57. The predicted octanol–water partition coefficient (Wildman–Crippen LogP) is 0.401. The molecule has 2 saturated heterocycles. The Morgan fingerprint density at radius 3 is 2.88 bits per heavy atom. The molecule has 1 N–H and O–H groups in total. The molecule has 16 heavy (non-hydrogen) atoms. The number of hydrogen-bond acceptors (Lipinski definition) is 3. The molecular weight excluding hydrogens is 204 g/mol. The van der Waals surface area contributed by atoms with Crippen LogP contribution in [-0.2, 0) is 9.53 Å². The molecule has 2 fully saturated rings. The zero-order valence-electron chi connectivity index (χ0n) is 9.92. The van der Waals surface area contributed by atoms with E-state index < -0.39 is 0 Å². The van der Waals surface area contributed by atoms with Crippen molar-refractivity contribution in [3.8, 4) is 0 Å². The van der Waals surface area contributed by atoms with E-state index in [9.17, 15) is 4.79 Å². The third kappa shape index (κ3) is 2.28. The Morgan fingerprint density at radius 2 is 2.31 bits per heavy atom. The zero-order valence-corrected chi connectivity index (χ0v) is 9.92. The first kappa shape index (κ1) is 11.6. The summed E-state index contributed by atoms with van der Waals surface area (Å²) in [6.45, 7) is 11.0. The molecule has 0 saturated carbocycles. The van der Waals surface area contributed by atoms with Crippen molar-refractivity contribution in [1.29, 1.82) is 0 Å². The number of nitrogens with one attached hydrogen (secondary N) is 1. The Labute approximate surface area is 96.6 Å². The minimum atomic E-state index is -0.0221. The van der Waals surface area contributed by atoms with E-state index in [2.05, 4.69) is 16.8 Å². The molecule has 0 atom stereocenters. The molecule has 0 aromatic carbocycles. The number of likely N-dealkylation sites (tertiary alicyclic amines) is 1. The van der Waals surface area contributed by atoms with Crippen LogP contribution in [0.25, 0.3) is 0 Å². The summed E-state index contributed by atoms with van der Waals surface area (Å²) in [6, 6.07) is 0. The number of likely N-dealkylation sites (N-methyl/N-ethyl adjacent to an activating group) is 1. The SMILES string of the molecule is C=C(CN1CC2(CCOC2)C1)C(=O)NCC. The first-order valence-electron chi connectivity index (χ1n) is 5.91. The Kier molecular flexibility index (Phi) is 3.30. The highest BCUT2D eigenvalue weighted by molar-refractivity contribution is 5.93. The highest BCUT2D eigenvalue weighted by Crippen LogP contribution is 2.38. The van der Waals surface area contributed by atoms with E-state index in [1.54, 1.807) is 0 Å². The summed E-state index contributed by atoms with van der Waals surface area (Å²) in [5.74, 6) is -0.0221. The van der Waals surface area contributed by atoms with Crippen molar-refractivity contribution in [3.63, 3.8) is 0 Å². The number of amides is 1. The number of hydrogen-bond donors (Lipinski definition) is 1. The van der Waals surface area contributed by atoms with Gasteiger partial charge in [-0.05, 0) is 13.3 Å². The van der Waals surface area contributed by atoms with Crippen LogP contribution in [0.2, 0.25) is 0 Å². The second-order valence-electron chi connectivity index (χ2n) is 4.91. The standard InChI is InChI=1S/C12H20N2O2/c1-3-13-11(15)10(2)6-14-7-12(8-14)4-5-16-9-12/h2-9H2,1H3,(H,13,15). The van der Waals surface area contributed by atoms with Crippen molar-refractivity contribution in [2.75, 3.05) is 39.4 Å². The zero-order chi connectivity index (χ0) is 11.6. The summed E-state index contributed by atoms with van der Waals surface area (Å²) in [5.41, 5.74) is 1.05. The van der Waals surface area contributed by atoms with Gasteiger partial charge in [0, 0.05) is 43.8 Å². The number of ether oxygens (including phenoxy) is 1. The lowest BCUT2D eigenvalue weighted by molar-refractivity contribution is -0.118. The van der Waals surface area contributed by atoms with E-state index in [1.807, 2.05) is 6.92 Å². The lowest BCUT2D eigenvalue weighted by Gasteiger charge is -2.47. The van der Waals surface area contributed by atoms with Crippen molar-refractivity contribution in [3.05, 3.63) is 12.2 Å². The average molecular weight is 224 g/mol. The van der Waals surface area contributed by atoms with Crippen LogP contribution >= 0.6 is 0 Å². The Hall–Kier alpha value is -0.870. The largest absolute Gasteiger partial charge is 0.381 e. The summed E-state index contributed by atoms with van der Waals surface area (Å²) in [5, 5.41) is 2.77. The molecule has 2 heterocycles. The van der Waals surface area contributed by atoms with Gasteiger partial charge in [0.2, 0.25) is 5.91 Å². The summed E-state index contributed by atoms with van der Waals surface area (Å²) in [4.78, 5) is 13.7. The van der Waals surface area contributed by atoms with Crippen LogP contribution < -0.4 is 5.32 Å². The van der Waals surface area contributed by atoms with Gasteiger partial charge in [-0.2, -0.15) is 0 Å². The Morgan fingerprint density at radius 1 is 1.56 bits per heavy atom. The molecule has 0 bridgehead atoms. The molecule has 90 valence electrons. The molecule has 4 nitrogen and oxygen atoms in total. The molecule has 2 aliphatic rings. The first-order chi connectivity index (χ1) is 7.65. The summed E-state index contributed by atoms with van der Waals surface area (Å²) in [7, 11) is 0.